The van der Waals surface area contributed by atoms with E-state index < -0.39 is 11.5 Å². The highest BCUT2D eigenvalue weighted by molar-refractivity contribution is 6.13. The highest BCUT2D eigenvalue weighted by Crippen LogP contribution is 2.45. The van der Waals surface area contributed by atoms with Gasteiger partial charge in [-0.15, -0.1) is 0 Å². The van der Waals surface area contributed by atoms with Gasteiger partial charge < -0.3 is 0 Å². The molecule has 3 amide bonds. The SMILES string of the molecule is CC(C)(C)c1ccc2c(c1)C(C)(C)C(=O)N2C1CCC(=O)NC1=O. The molecule has 128 valence electrons. The van der Waals surface area contributed by atoms with Gasteiger partial charge in [-0.1, -0.05) is 32.9 Å². The minimum atomic E-state index is -0.682. The molecule has 1 aromatic carbocycles. The number of piperidine rings is 1. The summed E-state index contributed by atoms with van der Waals surface area (Å²) in [5, 5.41) is 2.35. The summed E-state index contributed by atoms with van der Waals surface area (Å²) in [6.45, 7) is 10.2. The van der Waals surface area contributed by atoms with Crippen LogP contribution in [-0.4, -0.2) is 23.8 Å². The number of carbonyl (C=O) groups is 3. The molecule has 5 nitrogen and oxygen atoms in total. The van der Waals surface area contributed by atoms with E-state index in [1.165, 1.54) is 0 Å². The van der Waals surface area contributed by atoms with Crippen LogP contribution in [0.5, 0.6) is 0 Å². The van der Waals surface area contributed by atoms with Crippen LogP contribution < -0.4 is 10.2 Å². The van der Waals surface area contributed by atoms with Gasteiger partial charge in [0, 0.05) is 12.1 Å². The zero-order chi connectivity index (χ0) is 17.9. The van der Waals surface area contributed by atoms with E-state index in [1.54, 1.807) is 4.90 Å². The van der Waals surface area contributed by atoms with E-state index in [9.17, 15) is 14.4 Å². The van der Waals surface area contributed by atoms with E-state index in [0.29, 0.717) is 6.42 Å². The first-order valence-corrected chi connectivity index (χ1v) is 8.36. The molecule has 0 bridgehead atoms. The number of nitrogens with one attached hydrogen (secondary N) is 1. The largest absolute Gasteiger partial charge is 0.299 e. The van der Waals surface area contributed by atoms with Crippen LogP contribution in [0.3, 0.4) is 0 Å². The Hall–Kier alpha value is -2.17. The van der Waals surface area contributed by atoms with Gasteiger partial charge in [-0.25, -0.2) is 0 Å². The normalized spacial score (nSPS) is 23.3. The van der Waals surface area contributed by atoms with Gasteiger partial charge in [-0.3, -0.25) is 24.6 Å². The van der Waals surface area contributed by atoms with Crippen LogP contribution >= 0.6 is 0 Å². The summed E-state index contributed by atoms with van der Waals surface area (Å²) in [6, 6.07) is 5.42. The predicted octanol–water partition coefficient (Wildman–Crippen LogP) is 2.41. The van der Waals surface area contributed by atoms with Crippen LogP contribution in [0.15, 0.2) is 18.2 Å². The monoisotopic (exact) mass is 328 g/mol. The summed E-state index contributed by atoms with van der Waals surface area (Å²) in [4.78, 5) is 38.3. The second-order valence-electron chi connectivity index (χ2n) is 8.25. The van der Waals surface area contributed by atoms with Crippen LogP contribution in [0.4, 0.5) is 5.69 Å². The lowest BCUT2D eigenvalue weighted by atomic mass is 9.80. The van der Waals surface area contributed by atoms with Gasteiger partial charge in [-0.2, -0.15) is 0 Å². The number of anilines is 1. The summed E-state index contributed by atoms with van der Waals surface area (Å²) in [5.41, 5.74) is 2.19. The molecule has 0 saturated carbocycles. The van der Waals surface area contributed by atoms with Crippen LogP contribution in [0.2, 0.25) is 0 Å². The Morgan fingerprint density at radius 2 is 1.83 bits per heavy atom. The molecule has 2 aliphatic rings. The highest BCUT2D eigenvalue weighted by atomic mass is 16.2. The zero-order valence-electron chi connectivity index (χ0n) is 14.9. The van der Waals surface area contributed by atoms with Crippen LogP contribution in [0, 0.1) is 0 Å². The predicted molar refractivity (Wildman–Crippen MR) is 91.8 cm³/mol. The van der Waals surface area contributed by atoms with Crippen molar-refractivity contribution in [3.05, 3.63) is 29.3 Å². The summed E-state index contributed by atoms with van der Waals surface area (Å²) in [7, 11) is 0. The molecule has 0 aliphatic carbocycles. The standard InChI is InChI=1S/C19H24N2O3/c1-18(2,3)11-6-7-13-12(10-11)19(4,5)17(24)21(13)14-8-9-15(22)20-16(14)23/h6-7,10,14H,8-9H2,1-5H3,(H,20,22,23). The molecule has 0 aromatic heterocycles. The molecule has 1 fully saturated rings. The van der Waals surface area contributed by atoms with E-state index in [0.717, 1.165) is 16.8 Å². The minimum absolute atomic E-state index is 0.0176. The Morgan fingerprint density at radius 3 is 2.42 bits per heavy atom. The molecule has 2 aliphatic heterocycles. The van der Waals surface area contributed by atoms with Crippen molar-refractivity contribution in [2.24, 2.45) is 0 Å². The van der Waals surface area contributed by atoms with Crippen molar-refractivity contribution in [3.8, 4) is 0 Å². The molecule has 1 saturated heterocycles. The maximum absolute atomic E-state index is 13.0. The van der Waals surface area contributed by atoms with E-state index in [4.69, 9.17) is 0 Å². The van der Waals surface area contributed by atoms with Gasteiger partial charge in [0.25, 0.3) is 0 Å². The Kier molecular flexibility index (Phi) is 3.59. The lowest BCUT2D eigenvalue weighted by Gasteiger charge is -2.31. The second kappa shape index (κ2) is 5.16. The van der Waals surface area contributed by atoms with Gasteiger partial charge in [-0.05, 0) is 42.9 Å². The van der Waals surface area contributed by atoms with Crippen molar-refractivity contribution < 1.29 is 14.4 Å². The number of hydrogen-bond donors (Lipinski definition) is 1. The van der Waals surface area contributed by atoms with Gasteiger partial charge in [0.2, 0.25) is 17.7 Å². The van der Waals surface area contributed by atoms with Crippen molar-refractivity contribution in [2.45, 2.75) is 64.3 Å². The molecule has 5 heteroatoms. The molecule has 1 aromatic rings. The number of fused-ring (bicyclic) bond motifs is 1. The van der Waals surface area contributed by atoms with Gasteiger partial charge >= 0.3 is 0 Å². The molecule has 3 rings (SSSR count). The minimum Gasteiger partial charge on any atom is -0.299 e. The molecule has 24 heavy (non-hydrogen) atoms. The second-order valence-corrected chi connectivity index (χ2v) is 8.25. The molecule has 0 spiro atoms. The van der Waals surface area contributed by atoms with Gasteiger partial charge in [0.05, 0.1) is 5.41 Å². The van der Waals surface area contributed by atoms with Crippen molar-refractivity contribution in [2.75, 3.05) is 4.90 Å². The number of rotatable bonds is 1. The number of carbonyl (C=O) groups excluding carboxylic acids is 3. The number of amides is 3. The van der Waals surface area contributed by atoms with Crippen molar-refractivity contribution in [1.29, 1.82) is 0 Å². The maximum atomic E-state index is 13.0. The molecule has 1 atom stereocenters. The van der Waals surface area contributed by atoms with Crippen molar-refractivity contribution >= 4 is 23.4 Å². The first-order chi connectivity index (χ1) is 11.0. The lowest BCUT2D eigenvalue weighted by Crippen LogP contribution is -2.55. The number of nitrogens with zero attached hydrogens (tertiary/aromatic N) is 1. The average Bonchev–Trinajstić information content (AvgIpc) is 2.66. The number of hydrogen-bond acceptors (Lipinski definition) is 3. The van der Waals surface area contributed by atoms with E-state index in [-0.39, 0.29) is 29.6 Å². The third-order valence-corrected chi connectivity index (χ3v) is 5.07. The fraction of sp³-hybridized carbons (Fsp3) is 0.526. The van der Waals surface area contributed by atoms with Crippen LogP contribution in [0.1, 0.15) is 58.6 Å². The summed E-state index contributed by atoms with van der Waals surface area (Å²) in [5.74, 6) is -0.744. The maximum Gasteiger partial charge on any atom is 0.249 e. The number of benzene rings is 1. The lowest BCUT2D eigenvalue weighted by molar-refractivity contribution is -0.136. The quantitative estimate of drug-likeness (QED) is 0.805. The molecule has 0 radical (unpaired) electrons. The Balaban J connectivity index is 2.08. The molecule has 2 heterocycles. The molecular formula is C19H24N2O3. The van der Waals surface area contributed by atoms with E-state index in [1.807, 2.05) is 26.0 Å². The van der Waals surface area contributed by atoms with Crippen LogP contribution in [-0.2, 0) is 25.2 Å². The summed E-state index contributed by atoms with van der Waals surface area (Å²) in [6.07, 6.45) is 0.628. The summed E-state index contributed by atoms with van der Waals surface area (Å²) >= 11 is 0. The average molecular weight is 328 g/mol. The number of imide groups is 1. The first-order valence-electron chi connectivity index (χ1n) is 8.36. The Bertz CT molecular complexity index is 743. The molecule has 1 unspecified atom stereocenters. The Morgan fingerprint density at radius 1 is 1.17 bits per heavy atom. The third kappa shape index (κ3) is 2.43. The van der Waals surface area contributed by atoms with Gasteiger partial charge in [0.15, 0.2) is 0 Å². The van der Waals surface area contributed by atoms with Gasteiger partial charge in [0.1, 0.15) is 6.04 Å². The van der Waals surface area contributed by atoms with E-state index in [2.05, 4.69) is 32.2 Å². The fourth-order valence-corrected chi connectivity index (χ4v) is 3.48. The molecular weight excluding hydrogens is 304 g/mol. The van der Waals surface area contributed by atoms with Crippen LogP contribution in [0.25, 0.3) is 0 Å². The first kappa shape index (κ1) is 16.7. The highest BCUT2D eigenvalue weighted by Gasteiger charge is 2.49. The fourth-order valence-electron chi connectivity index (χ4n) is 3.48. The Labute approximate surface area is 142 Å². The topological polar surface area (TPSA) is 66.5 Å². The molecule has 1 N–H and O–H groups in total. The van der Waals surface area contributed by atoms with Crippen molar-refractivity contribution in [3.63, 3.8) is 0 Å². The third-order valence-electron chi connectivity index (χ3n) is 5.07. The zero-order valence-corrected chi connectivity index (χ0v) is 14.9. The summed E-state index contributed by atoms with van der Waals surface area (Å²) < 4.78 is 0. The smallest absolute Gasteiger partial charge is 0.249 e. The van der Waals surface area contributed by atoms with E-state index >= 15 is 0 Å². The van der Waals surface area contributed by atoms with Crippen molar-refractivity contribution in [1.82, 2.24) is 5.32 Å².